The molecule has 0 aromatic carbocycles. The Balaban J connectivity index is 1.94. The van der Waals surface area contributed by atoms with Crippen molar-refractivity contribution in [3.8, 4) is 6.07 Å². The normalized spacial score (nSPS) is 11.2. The summed E-state index contributed by atoms with van der Waals surface area (Å²) in [6.07, 6.45) is 8.80. The van der Waals surface area contributed by atoms with Crippen LogP contribution in [0.15, 0.2) is 24.5 Å². The number of hydrogen-bond acceptors (Lipinski definition) is 3. The number of aromatic nitrogens is 1. The van der Waals surface area contributed by atoms with Gasteiger partial charge in [-0.05, 0) is 63.6 Å². The second-order valence-electron chi connectivity index (χ2n) is 5.52. The molecule has 1 heterocycles. The standard InChI is InChI=1S/C16H24N2O/c1-16(2,14-17)9-3-4-12-19-13-5-6-15-7-10-18-11-8-15/h7-8,10-11H,3-6,9,12-13H2,1-2H3. The number of pyridine rings is 1. The van der Waals surface area contributed by atoms with Gasteiger partial charge in [0.1, 0.15) is 0 Å². The number of unbranched alkanes of at least 4 members (excludes halogenated alkanes) is 1. The van der Waals surface area contributed by atoms with Crippen LogP contribution in [0.5, 0.6) is 0 Å². The van der Waals surface area contributed by atoms with Crippen molar-refractivity contribution < 1.29 is 4.74 Å². The van der Waals surface area contributed by atoms with Crippen molar-refractivity contribution in [3.05, 3.63) is 30.1 Å². The van der Waals surface area contributed by atoms with Crippen LogP contribution in [0.3, 0.4) is 0 Å². The third-order valence-corrected chi connectivity index (χ3v) is 3.15. The summed E-state index contributed by atoms with van der Waals surface area (Å²) in [4.78, 5) is 4.00. The predicted molar refractivity (Wildman–Crippen MR) is 76.6 cm³/mol. The van der Waals surface area contributed by atoms with Crippen molar-refractivity contribution in [1.29, 1.82) is 5.26 Å². The van der Waals surface area contributed by atoms with Gasteiger partial charge in [0.05, 0.1) is 11.5 Å². The summed E-state index contributed by atoms with van der Waals surface area (Å²) in [5, 5.41) is 8.89. The zero-order valence-electron chi connectivity index (χ0n) is 12.1. The third kappa shape index (κ3) is 7.58. The summed E-state index contributed by atoms with van der Waals surface area (Å²) in [7, 11) is 0. The Labute approximate surface area is 116 Å². The van der Waals surface area contributed by atoms with Gasteiger partial charge in [0.2, 0.25) is 0 Å². The van der Waals surface area contributed by atoms with Gasteiger partial charge in [-0.2, -0.15) is 5.26 Å². The van der Waals surface area contributed by atoms with Crippen LogP contribution in [0.25, 0.3) is 0 Å². The summed E-state index contributed by atoms with van der Waals surface area (Å²) < 4.78 is 5.61. The van der Waals surface area contributed by atoms with Crippen LogP contribution in [0, 0.1) is 16.7 Å². The van der Waals surface area contributed by atoms with Crippen molar-refractivity contribution in [2.24, 2.45) is 5.41 Å². The molecule has 0 spiro atoms. The molecule has 0 amide bonds. The first-order valence-electron chi connectivity index (χ1n) is 7.02. The van der Waals surface area contributed by atoms with Crippen LogP contribution in [0.4, 0.5) is 0 Å². The van der Waals surface area contributed by atoms with E-state index in [9.17, 15) is 0 Å². The Morgan fingerprint density at radius 1 is 1.16 bits per heavy atom. The molecule has 3 heteroatoms. The molecular formula is C16H24N2O. The fourth-order valence-electron chi connectivity index (χ4n) is 1.86. The summed E-state index contributed by atoms with van der Waals surface area (Å²) in [6, 6.07) is 6.42. The molecule has 0 aliphatic heterocycles. The van der Waals surface area contributed by atoms with Gasteiger partial charge in [0.25, 0.3) is 0 Å². The molecule has 0 radical (unpaired) electrons. The minimum atomic E-state index is -0.193. The molecule has 0 unspecified atom stereocenters. The van der Waals surface area contributed by atoms with E-state index in [-0.39, 0.29) is 5.41 Å². The molecule has 1 rings (SSSR count). The second kappa shape index (κ2) is 8.66. The van der Waals surface area contributed by atoms with Gasteiger partial charge in [-0.1, -0.05) is 0 Å². The highest BCUT2D eigenvalue weighted by Gasteiger charge is 2.15. The summed E-state index contributed by atoms with van der Waals surface area (Å²) in [6.45, 7) is 5.59. The van der Waals surface area contributed by atoms with E-state index in [1.165, 1.54) is 5.56 Å². The van der Waals surface area contributed by atoms with Gasteiger partial charge >= 0.3 is 0 Å². The Bertz CT molecular complexity index is 381. The molecule has 0 bridgehead atoms. The average molecular weight is 260 g/mol. The molecule has 0 saturated carbocycles. The number of nitriles is 1. The highest BCUT2D eigenvalue weighted by atomic mass is 16.5. The molecule has 0 aliphatic carbocycles. The fraction of sp³-hybridized carbons (Fsp3) is 0.625. The first-order chi connectivity index (χ1) is 9.14. The van der Waals surface area contributed by atoms with Crippen LogP contribution >= 0.6 is 0 Å². The number of nitrogens with zero attached hydrogens (tertiary/aromatic N) is 2. The Morgan fingerprint density at radius 2 is 1.84 bits per heavy atom. The van der Waals surface area contributed by atoms with E-state index in [0.29, 0.717) is 0 Å². The topological polar surface area (TPSA) is 45.9 Å². The van der Waals surface area contributed by atoms with E-state index in [0.717, 1.165) is 45.3 Å². The summed E-state index contributed by atoms with van der Waals surface area (Å²) in [5.41, 5.74) is 1.12. The number of ether oxygens (including phenoxy) is 1. The smallest absolute Gasteiger partial charge is 0.0683 e. The van der Waals surface area contributed by atoms with E-state index >= 15 is 0 Å². The molecule has 3 nitrogen and oxygen atoms in total. The molecule has 0 fully saturated rings. The molecule has 19 heavy (non-hydrogen) atoms. The summed E-state index contributed by atoms with van der Waals surface area (Å²) >= 11 is 0. The molecule has 0 saturated heterocycles. The second-order valence-corrected chi connectivity index (χ2v) is 5.52. The highest BCUT2D eigenvalue weighted by molar-refractivity contribution is 5.09. The Hall–Kier alpha value is -1.40. The predicted octanol–water partition coefficient (Wildman–Crippen LogP) is 3.75. The molecular weight excluding hydrogens is 236 g/mol. The lowest BCUT2D eigenvalue weighted by atomic mass is 9.89. The van der Waals surface area contributed by atoms with Crippen molar-refractivity contribution in [2.75, 3.05) is 13.2 Å². The number of rotatable bonds is 9. The van der Waals surface area contributed by atoms with Gasteiger partial charge in [-0.3, -0.25) is 4.98 Å². The van der Waals surface area contributed by atoms with E-state index in [4.69, 9.17) is 10.00 Å². The van der Waals surface area contributed by atoms with Crippen LogP contribution in [-0.2, 0) is 11.2 Å². The minimum absolute atomic E-state index is 0.193. The molecule has 0 atom stereocenters. The van der Waals surface area contributed by atoms with Gasteiger partial charge in [-0.15, -0.1) is 0 Å². The third-order valence-electron chi connectivity index (χ3n) is 3.15. The van der Waals surface area contributed by atoms with E-state index in [2.05, 4.69) is 11.1 Å². The zero-order chi connectivity index (χ0) is 14.0. The largest absolute Gasteiger partial charge is 0.381 e. The molecule has 0 N–H and O–H groups in total. The van der Waals surface area contributed by atoms with Gasteiger partial charge < -0.3 is 4.74 Å². The van der Waals surface area contributed by atoms with Crippen LogP contribution in [0.2, 0.25) is 0 Å². The van der Waals surface area contributed by atoms with Gasteiger partial charge in [0, 0.05) is 25.6 Å². The zero-order valence-corrected chi connectivity index (χ0v) is 12.1. The quantitative estimate of drug-likeness (QED) is 0.635. The van der Waals surface area contributed by atoms with Crippen LogP contribution in [0.1, 0.15) is 45.1 Å². The maximum absolute atomic E-state index is 8.89. The lowest BCUT2D eigenvalue weighted by Gasteiger charge is -2.14. The molecule has 104 valence electrons. The van der Waals surface area contributed by atoms with E-state index in [1.54, 1.807) is 0 Å². The van der Waals surface area contributed by atoms with E-state index in [1.807, 2.05) is 38.4 Å². The van der Waals surface area contributed by atoms with Crippen molar-refractivity contribution in [2.45, 2.75) is 46.0 Å². The maximum atomic E-state index is 8.89. The maximum Gasteiger partial charge on any atom is 0.0683 e. The summed E-state index contributed by atoms with van der Waals surface area (Å²) in [5.74, 6) is 0. The Kier molecular flexibility index (Phi) is 7.14. The monoisotopic (exact) mass is 260 g/mol. The average Bonchev–Trinajstić information content (AvgIpc) is 2.43. The van der Waals surface area contributed by atoms with Crippen molar-refractivity contribution in [3.63, 3.8) is 0 Å². The van der Waals surface area contributed by atoms with Crippen molar-refractivity contribution >= 4 is 0 Å². The first-order valence-corrected chi connectivity index (χ1v) is 7.02. The van der Waals surface area contributed by atoms with E-state index < -0.39 is 0 Å². The van der Waals surface area contributed by atoms with Crippen LogP contribution in [-0.4, -0.2) is 18.2 Å². The highest BCUT2D eigenvalue weighted by Crippen LogP contribution is 2.21. The van der Waals surface area contributed by atoms with Gasteiger partial charge in [0.15, 0.2) is 0 Å². The molecule has 1 aromatic heterocycles. The lowest BCUT2D eigenvalue weighted by molar-refractivity contribution is 0.126. The fourth-order valence-corrected chi connectivity index (χ4v) is 1.86. The van der Waals surface area contributed by atoms with Crippen LogP contribution < -0.4 is 0 Å². The molecule has 1 aromatic rings. The first kappa shape index (κ1) is 15.7. The lowest BCUT2D eigenvalue weighted by Crippen LogP contribution is -2.08. The molecule has 0 aliphatic rings. The van der Waals surface area contributed by atoms with Crippen molar-refractivity contribution in [1.82, 2.24) is 4.98 Å². The number of aryl methyl sites for hydroxylation is 1. The minimum Gasteiger partial charge on any atom is -0.381 e. The number of hydrogen-bond donors (Lipinski definition) is 0. The SMILES string of the molecule is CC(C)(C#N)CCCCOCCCc1ccncc1. The Morgan fingerprint density at radius 3 is 2.53 bits per heavy atom. The van der Waals surface area contributed by atoms with Gasteiger partial charge in [-0.25, -0.2) is 0 Å².